The van der Waals surface area contributed by atoms with Crippen LogP contribution in [0.3, 0.4) is 0 Å². The number of sulfonamides is 1. The third-order valence-electron chi connectivity index (χ3n) is 9.86. The standard InChI is InChI=1S/C32H30BF3N8O11S/c34-18-3-1-14-11-22(33(52)55-28(14)23(18)30(48)49)37-29(47)25(17-13-19(35)26(45)27(46)24(17)36)38-31(50)44-10-9-43(32(44)51)15-5-7-42(8-6-15)56(53,54)16-2-4-20-21(12-16)40-41-39-20/h1-4,12-13,15,22,25,45-46,52H,5-11H2,(H,37,47)(H,38,50)(H,48,49)(H,39,40,41)/t22-,25?/m0/s1. The number of aromatic nitrogens is 3. The molecule has 0 spiro atoms. The molecule has 24 heteroatoms. The lowest BCUT2D eigenvalue weighted by molar-refractivity contribution is -0.123. The molecule has 2 saturated heterocycles. The first-order valence-corrected chi connectivity index (χ1v) is 18.3. The molecule has 0 saturated carbocycles. The zero-order valence-electron chi connectivity index (χ0n) is 28.6. The molecule has 56 heavy (non-hydrogen) atoms. The van der Waals surface area contributed by atoms with E-state index in [-0.39, 0.29) is 55.9 Å². The summed E-state index contributed by atoms with van der Waals surface area (Å²) in [6.07, 6.45) is 0.0343. The van der Waals surface area contributed by atoms with Crippen LogP contribution in [-0.4, -0.2) is 127 Å². The Kier molecular flexibility index (Phi) is 9.88. The van der Waals surface area contributed by atoms with Crippen molar-refractivity contribution in [2.45, 2.75) is 42.2 Å². The maximum absolute atomic E-state index is 15.3. The van der Waals surface area contributed by atoms with Crippen LogP contribution in [-0.2, 0) is 21.2 Å². The topological polar surface area (TPSA) is 268 Å². The Morgan fingerprint density at radius 2 is 1.68 bits per heavy atom. The van der Waals surface area contributed by atoms with Gasteiger partial charge in [-0.3, -0.25) is 4.79 Å². The van der Waals surface area contributed by atoms with Crippen molar-refractivity contribution >= 4 is 52.1 Å². The van der Waals surface area contributed by atoms with Gasteiger partial charge in [0.05, 0.1) is 10.8 Å². The van der Waals surface area contributed by atoms with Gasteiger partial charge in [0.1, 0.15) is 34.2 Å². The van der Waals surface area contributed by atoms with E-state index in [9.17, 15) is 56.7 Å². The van der Waals surface area contributed by atoms with E-state index in [1.807, 2.05) is 0 Å². The summed E-state index contributed by atoms with van der Waals surface area (Å²) in [7, 11) is -5.94. The summed E-state index contributed by atoms with van der Waals surface area (Å²) in [4.78, 5) is 54.5. The number of amides is 5. The van der Waals surface area contributed by atoms with Gasteiger partial charge in [-0.2, -0.15) is 19.7 Å². The zero-order valence-corrected chi connectivity index (χ0v) is 29.5. The Hall–Kier alpha value is -6.14. The molecule has 0 bridgehead atoms. The molecule has 3 aromatic carbocycles. The maximum Gasteiger partial charge on any atom is 0.547 e. The molecule has 1 aromatic heterocycles. The molecule has 2 atom stereocenters. The van der Waals surface area contributed by atoms with Crippen molar-refractivity contribution in [1.82, 2.24) is 40.1 Å². The number of aromatic carboxylic acids is 1. The first-order valence-electron chi connectivity index (χ1n) is 16.9. The largest absolute Gasteiger partial charge is 0.547 e. The first-order chi connectivity index (χ1) is 26.6. The fraction of sp³-hybridized carbons (Fsp3) is 0.312. The number of aromatic hydroxyl groups is 2. The summed E-state index contributed by atoms with van der Waals surface area (Å²) in [5.74, 6) is -12.5. The molecule has 4 heterocycles. The van der Waals surface area contributed by atoms with Crippen LogP contribution < -0.4 is 15.3 Å². The number of rotatable bonds is 8. The number of nitrogens with one attached hydrogen (secondary N) is 3. The van der Waals surface area contributed by atoms with E-state index in [1.165, 1.54) is 27.4 Å². The summed E-state index contributed by atoms with van der Waals surface area (Å²) in [5.41, 5.74) is -0.995. The van der Waals surface area contributed by atoms with Crippen molar-refractivity contribution < 1.29 is 65.8 Å². The van der Waals surface area contributed by atoms with Crippen LogP contribution >= 0.6 is 0 Å². The average Bonchev–Trinajstić information content (AvgIpc) is 3.81. The first kappa shape index (κ1) is 38.2. The monoisotopic (exact) mass is 802 g/mol. The number of hydrogen-bond donors (Lipinski definition) is 7. The average molecular weight is 803 g/mol. The van der Waals surface area contributed by atoms with E-state index in [0.29, 0.717) is 22.0 Å². The summed E-state index contributed by atoms with van der Waals surface area (Å²) in [5, 5.41) is 54.5. The molecule has 0 radical (unpaired) electrons. The van der Waals surface area contributed by atoms with E-state index in [2.05, 4.69) is 26.0 Å². The number of phenols is 2. The molecule has 7 N–H and O–H groups in total. The molecule has 5 amide bonds. The molecular weight excluding hydrogens is 772 g/mol. The van der Waals surface area contributed by atoms with Crippen LogP contribution in [0.5, 0.6) is 17.2 Å². The van der Waals surface area contributed by atoms with Crippen molar-refractivity contribution in [3.05, 3.63) is 70.5 Å². The number of imide groups is 1. The van der Waals surface area contributed by atoms with Crippen LogP contribution in [0.1, 0.15) is 40.4 Å². The Balaban J connectivity index is 1.06. The van der Waals surface area contributed by atoms with E-state index in [0.717, 1.165) is 12.1 Å². The van der Waals surface area contributed by atoms with Crippen molar-refractivity contribution in [3.8, 4) is 17.2 Å². The second kappa shape index (κ2) is 14.5. The van der Waals surface area contributed by atoms with Crippen molar-refractivity contribution in [3.63, 3.8) is 0 Å². The minimum absolute atomic E-state index is 0.00368. The molecule has 3 aliphatic rings. The molecule has 2 fully saturated rings. The Morgan fingerprint density at radius 1 is 0.964 bits per heavy atom. The van der Waals surface area contributed by atoms with Crippen LogP contribution in [0.4, 0.5) is 22.8 Å². The number of urea groups is 2. The van der Waals surface area contributed by atoms with E-state index in [1.54, 1.807) is 0 Å². The predicted molar refractivity (Wildman–Crippen MR) is 183 cm³/mol. The van der Waals surface area contributed by atoms with Gasteiger partial charge in [-0.05, 0) is 55.2 Å². The number of halogens is 3. The molecule has 7 rings (SSSR count). The second-order valence-corrected chi connectivity index (χ2v) is 15.1. The third kappa shape index (κ3) is 6.74. The molecule has 19 nitrogen and oxygen atoms in total. The maximum atomic E-state index is 15.3. The predicted octanol–water partition coefficient (Wildman–Crippen LogP) is 0.966. The molecule has 4 aromatic rings. The lowest BCUT2D eigenvalue weighted by Crippen LogP contribution is -2.56. The van der Waals surface area contributed by atoms with Crippen LogP contribution in [0.2, 0.25) is 0 Å². The van der Waals surface area contributed by atoms with Crippen LogP contribution in [0.15, 0.2) is 41.3 Å². The van der Waals surface area contributed by atoms with E-state index < -0.39 is 105 Å². The SMILES string of the molecule is O=C(O)c1c(F)ccc2c1OB(O)[C@@H](NC(=O)C(NC(=O)N1CCN(C3CCN(S(=O)(=O)c4ccc5n[nH]nc5c4)CC3)C1=O)c1cc(F)c(O)c(O)c1F)C2. The highest BCUT2D eigenvalue weighted by atomic mass is 32.2. The van der Waals surface area contributed by atoms with Crippen LogP contribution in [0, 0.1) is 17.5 Å². The van der Waals surface area contributed by atoms with Crippen LogP contribution in [0.25, 0.3) is 11.0 Å². The molecule has 294 valence electrons. The number of piperidine rings is 1. The number of phenolic OH excluding ortho intramolecular Hbond substituents is 2. The van der Waals surface area contributed by atoms with Crippen molar-refractivity contribution in [2.75, 3.05) is 26.2 Å². The number of carboxylic acids is 1. The zero-order chi connectivity index (χ0) is 40.2. The smallest absolute Gasteiger partial charge is 0.534 e. The van der Waals surface area contributed by atoms with E-state index >= 15 is 4.39 Å². The highest BCUT2D eigenvalue weighted by Crippen LogP contribution is 2.37. The lowest BCUT2D eigenvalue weighted by atomic mass is 9.72. The van der Waals surface area contributed by atoms with Gasteiger partial charge in [-0.15, -0.1) is 0 Å². The van der Waals surface area contributed by atoms with Gasteiger partial charge in [0, 0.05) is 37.8 Å². The second-order valence-electron chi connectivity index (χ2n) is 13.1. The minimum Gasteiger partial charge on any atom is -0.534 e. The number of H-pyrrole nitrogens is 1. The number of carboxylic acid groups (broad SMARTS) is 1. The molecule has 0 aliphatic carbocycles. The van der Waals surface area contributed by atoms with Gasteiger partial charge in [0.2, 0.25) is 15.9 Å². The number of fused-ring (bicyclic) bond motifs is 2. The highest BCUT2D eigenvalue weighted by molar-refractivity contribution is 7.89. The van der Waals surface area contributed by atoms with Gasteiger partial charge in [-0.25, -0.2) is 40.9 Å². The quantitative estimate of drug-likeness (QED) is 0.0969. The number of benzene rings is 3. The number of carbonyl (C=O) groups excluding carboxylic acids is 3. The molecule has 1 unspecified atom stereocenters. The van der Waals surface area contributed by atoms with Gasteiger partial charge >= 0.3 is 25.1 Å². The Labute approximate surface area is 313 Å². The van der Waals surface area contributed by atoms with Gasteiger partial charge in [-0.1, -0.05) is 6.07 Å². The fourth-order valence-corrected chi connectivity index (χ4v) is 8.44. The fourth-order valence-electron chi connectivity index (χ4n) is 6.95. The summed E-state index contributed by atoms with van der Waals surface area (Å²) >= 11 is 0. The number of hydrogen-bond acceptors (Lipinski definition) is 12. The van der Waals surface area contributed by atoms with Gasteiger partial charge < -0.3 is 40.5 Å². The number of aromatic amines is 1. The van der Waals surface area contributed by atoms with Gasteiger partial charge in [0.15, 0.2) is 23.1 Å². The third-order valence-corrected chi connectivity index (χ3v) is 11.8. The number of nitrogens with zero attached hydrogens (tertiary/aromatic N) is 5. The molecular formula is C32H30BF3N8O11S. The molecule has 3 aliphatic heterocycles. The van der Waals surface area contributed by atoms with E-state index in [4.69, 9.17) is 4.65 Å². The summed E-state index contributed by atoms with van der Waals surface area (Å²) in [6.45, 7) is -0.173. The Bertz CT molecular complexity index is 2400. The summed E-state index contributed by atoms with van der Waals surface area (Å²) < 4.78 is 77.3. The lowest BCUT2D eigenvalue weighted by Gasteiger charge is -2.35. The minimum atomic E-state index is -3.93. The van der Waals surface area contributed by atoms with Crippen molar-refractivity contribution in [2.24, 2.45) is 0 Å². The van der Waals surface area contributed by atoms with Gasteiger partial charge in [0.25, 0.3) is 0 Å². The highest BCUT2D eigenvalue weighted by Gasteiger charge is 2.44. The summed E-state index contributed by atoms with van der Waals surface area (Å²) in [6, 6.07) is 1.76. The number of carbonyl (C=O) groups is 4. The normalized spacial score (nSPS) is 18.5. The van der Waals surface area contributed by atoms with Crippen molar-refractivity contribution in [1.29, 1.82) is 0 Å². The Morgan fingerprint density at radius 3 is 2.39 bits per heavy atom.